The fourth-order valence-corrected chi connectivity index (χ4v) is 5.43. The van der Waals surface area contributed by atoms with E-state index in [9.17, 15) is 14.7 Å². The van der Waals surface area contributed by atoms with Crippen LogP contribution in [0.2, 0.25) is 0 Å². The molecule has 0 radical (unpaired) electrons. The molecule has 1 aliphatic carbocycles. The molecule has 5 atom stereocenters. The maximum absolute atomic E-state index is 12.9. The molecule has 8 nitrogen and oxygen atoms in total. The number of hydrogen-bond acceptors (Lipinski definition) is 8. The molecule has 0 amide bonds. The number of methoxy groups -OCH3 is 2. The van der Waals surface area contributed by atoms with Gasteiger partial charge in [0.15, 0.2) is 11.5 Å². The lowest BCUT2D eigenvalue weighted by Gasteiger charge is -2.43. The number of carbonyl (C=O) groups is 1. The molecule has 0 bridgehead atoms. The second kappa shape index (κ2) is 11.4. The van der Waals surface area contributed by atoms with Crippen molar-refractivity contribution in [1.82, 2.24) is 0 Å². The summed E-state index contributed by atoms with van der Waals surface area (Å²) in [6.45, 7) is 4.07. The van der Waals surface area contributed by atoms with Crippen LogP contribution in [0.25, 0.3) is 11.3 Å². The number of aliphatic hydroxyl groups is 1. The summed E-state index contributed by atoms with van der Waals surface area (Å²) in [6.07, 6.45) is 3.62. The van der Waals surface area contributed by atoms with Crippen molar-refractivity contribution in [3.63, 3.8) is 0 Å². The molecule has 1 aromatic heterocycles. The highest BCUT2D eigenvalue weighted by atomic mass is 16.5. The van der Waals surface area contributed by atoms with E-state index in [0.717, 1.165) is 25.7 Å². The van der Waals surface area contributed by atoms with Gasteiger partial charge in [-0.2, -0.15) is 0 Å². The van der Waals surface area contributed by atoms with Gasteiger partial charge >= 0.3 is 11.6 Å². The third-order valence-corrected chi connectivity index (χ3v) is 7.43. The number of hydrogen-bond donors (Lipinski definition) is 1. The second-order valence-electron chi connectivity index (χ2n) is 9.62. The van der Waals surface area contributed by atoms with Crippen molar-refractivity contribution in [2.24, 2.45) is 11.8 Å². The van der Waals surface area contributed by atoms with Gasteiger partial charge in [0, 0.05) is 24.0 Å². The minimum absolute atomic E-state index is 0.140. The fourth-order valence-electron chi connectivity index (χ4n) is 5.43. The molecule has 1 saturated carbocycles. The van der Waals surface area contributed by atoms with E-state index in [0.29, 0.717) is 47.8 Å². The van der Waals surface area contributed by atoms with Crippen LogP contribution in [0.15, 0.2) is 33.5 Å². The van der Waals surface area contributed by atoms with Crippen molar-refractivity contribution < 1.29 is 33.3 Å². The number of benzene rings is 1. The highest BCUT2D eigenvalue weighted by Gasteiger charge is 2.45. The number of fused-ring (bicyclic) bond motifs is 2. The maximum atomic E-state index is 12.9. The molecule has 3 unspecified atom stereocenters. The van der Waals surface area contributed by atoms with Gasteiger partial charge in [0.1, 0.15) is 29.3 Å². The Kier molecular flexibility index (Phi) is 8.24. The van der Waals surface area contributed by atoms with Crippen LogP contribution in [-0.2, 0) is 9.53 Å². The van der Waals surface area contributed by atoms with Gasteiger partial charge in [-0.25, -0.2) is 4.79 Å². The number of ether oxygens (including phenoxy) is 4. The Labute approximate surface area is 211 Å². The first kappa shape index (κ1) is 26.1. The van der Waals surface area contributed by atoms with Gasteiger partial charge in [0.25, 0.3) is 0 Å². The SMILES string of the molecule is CCCCC(=O)OC(CC)[C@H]1CCC2C(O)c3c(cc(-c4ccc(OC)c(OC)c4)oc3=O)O[C@H]2C1. The van der Waals surface area contributed by atoms with Crippen LogP contribution in [0.4, 0.5) is 0 Å². The summed E-state index contributed by atoms with van der Waals surface area (Å²) in [7, 11) is 3.09. The molecule has 196 valence electrons. The zero-order valence-corrected chi connectivity index (χ0v) is 21.5. The molecule has 2 aliphatic rings. The van der Waals surface area contributed by atoms with E-state index in [2.05, 4.69) is 0 Å². The molecule has 36 heavy (non-hydrogen) atoms. The summed E-state index contributed by atoms with van der Waals surface area (Å²) >= 11 is 0. The molecule has 8 heteroatoms. The Balaban J connectivity index is 1.57. The number of aliphatic hydroxyl groups excluding tert-OH is 1. The lowest BCUT2D eigenvalue weighted by molar-refractivity contribution is -0.155. The summed E-state index contributed by atoms with van der Waals surface area (Å²) in [4.78, 5) is 25.2. The van der Waals surface area contributed by atoms with Crippen LogP contribution in [0, 0.1) is 11.8 Å². The summed E-state index contributed by atoms with van der Waals surface area (Å²) in [6, 6.07) is 6.88. The molecule has 0 saturated heterocycles. The van der Waals surface area contributed by atoms with Crippen molar-refractivity contribution in [1.29, 1.82) is 0 Å². The number of unbranched alkanes of at least 4 members (excludes halogenated alkanes) is 1. The topological polar surface area (TPSA) is 104 Å². The van der Waals surface area contributed by atoms with E-state index in [1.807, 2.05) is 13.8 Å². The van der Waals surface area contributed by atoms with Gasteiger partial charge in [-0.05, 0) is 56.2 Å². The van der Waals surface area contributed by atoms with Crippen molar-refractivity contribution in [2.75, 3.05) is 14.2 Å². The Hall–Kier alpha value is -3.00. The smallest absolute Gasteiger partial charge is 0.345 e. The van der Waals surface area contributed by atoms with Crippen LogP contribution < -0.4 is 19.8 Å². The quantitative estimate of drug-likeness (QED) is 0.477. The van der Waals surface area contributed by atoms with E-state index < -0.39 is 11.7 Å². The van der Waals surface area contributed by atoms with Crippen LogP contribution in [-0.4, -0.2) is 37.5 Å². The standard InChI is InChI=1S/C28H36O8/c1-5-7-8-25(29)35-19(6-2)16-9-11-18-22(13-16)34-24-15-21(36-28(31)26(24)27(18)30)17-10-12-20(32-3)23(14-17)33-4/h10,12,14-16,18-19,22,27,30H,5-9,11,13H2,1-4H3/t16-,18?,19?,22-,27?/m0/s1. The number of rotatable bonds is 9. The molecule has 1 aliphatic heterocycles. The van der Waals surface area contributed by atoms with Crippen molar-refractivity contribution in [2.45, 2.75) is 77.1 Å². The minimum atomic E-state index is -0.970. The molecule has 2 aromatic rings. The van der Waals surface area contributed by atoms with Crippen LogP contribution in [0.3, 0.4) is 0 Å². The molecular formula is C28H36O8. The molecule has 1 fully saturated rings. The third-order valence-electron chi connectivity index (χ3n) is 7.43. The maximum Gasteiger partial charge on any atom is 0.345 e. The molecule has 2 heterocycles. The van der Waals surface area contributed by atoms with E-state index in [4.69, 9.17) is 23.4 Å². The summed E-state index contributed by atoms with van der Waals surface area (Å²) in [5.74, 6) is 1.49. The Morgan fingerprint density at radius 1 is 1.14 bits per heavy atom. The predicted molar refractivity (Wildman–Crippen MR) is 133 cm³/mol. The van der Waals surface area contributed by atoms with Gasteiger partial charge < -0.3 is 28.5 Å². The Morgan fingerprint density at radius 3 is 2.61 bits per heavy atom. The third kappa shape index (κ3) is 5.24. The van der Waals surface area contributed by atoms with Crippen molar-refractivity contribution >= 4 is 5.97 Å². The largest absolute Gasteiger partial charge is 0.493 e. The van der Waals surface area contributed by atoms with Gasteiger partial charge in [0.05, 0.1) is 20.3 Å². The summed E-state index contributed by atoms with van der Waals surface area (Å²) < 4.78 is 28.4. The average Bonchev–Trinajstić information content (AvgIpc) is 2.89. The van der Waals surface area contributed by atoms with E-state index in [1.54, 1.807) is 31.4 Å². The Morgan fingerprint density at radius 2 is 1.92 bits per heavy atom. The fraction of sp³-hybridized carbons (Fsp3) is 0.571. The average molecular weight is 501 g/mol. The van der Waals surface area contributed by atoms with E-state index in [1.165, 1.54) is 7.11 Å². The lowest BCUT2D eigenvalue weighted by atomic mass is 9.72. The van der Waals surface area contributed by atoms with Crippen molar-refractivity contribution in [3.8, 4) is 28.6 Å². The van der Waals surface area contributed by atoms with Crippen LogP contribution >= 0.6 is 0 Å². The van der Waals surface area contributed by atoms with Gasteiger partial charge in [0.2, 0.25) is 0 Å². The first-order valence-corrected chi connectivity index (χ1v) is 12.8. The molecule has 1 N–H and O–H groups in total. The summed E-state index contributed by atoms with van der Waals surface area (Å²) in [5, 5.41) is 11.1. The zero-order chi connectivity index (χ0) is 25.8. The zero-order valence-electron chi connectivity index (χ0n) is 21.5. The van der Waals surface area contributed by atoms with Gasteiger partial charge in [-0.1, -0.05) is 20.3 Å². The Bertz CT molecular complexity index is 1120. The molecule has 4 rings (SSSR count). The van der Waals surface area contributed by atoms with E-state index in [-0.39, 0.29) is 35.6 Å². The molecule has 0 spiro atoms. The highest BCUT2D eigenvalue weighted by Crippen LogP contribution is 2.47. The predicted octanol–water partition coefficient (Wildman–Crippen LogP) is 5.05. The minimum Gasteiger partial charge on any atom is -0.493 e. The highest BCUT2D eigenvalue weighted by molar-refractivity contribution is 5.69. The van der Waals surface area contributed by atoms with E-state index >= 15 is 0 Å². The molecule has 1 aromatic carbocycles. The number of esters is 1. The normalized spacial score (nSPS) is 23.6. The van der Waals surface area contributed by atoms with Gasteiger partial charge in [-0.3, -0.25) is 4.79 Å². The van der Waals surface area contributed by atoms with Crippen LogP contribution in [0.1, 0.15) is 70.5 Å². The van der Waals surface area contributed by atoms with Crippen LogP contribution in [0.5, 0.6) is 17.2 Å². The second-order valence-corrected chi connectivity index (χ2v) is 9.62. The first-order chi connectivity index (χ1) is 17.4. The lowest BCUT2D eigenvalue weighted by Crippen LogP contribution is -2.45. The van der Waals surface area contributed by atoms with Crippen molar-refractivity contribution in [3.05, 3.63) is 40.2 Å². The molecular weight excluding hydrogens is 464 g/mol. The monoisotopic (exact) mass is 500 g/mol. The number of carbonyl (C=O) groups excluding carboxylic acids is 1. The first-order valence-electron chi connectivity index (χ1n) is 12.8. The van der Waals surface area contributed by atoms with Gasteiger partial charge in [-0.15, -0.1) is 0 Å². The summed E-state index contributed by atoms with van der Waals surface area (Å²) in [5.41, 5.74) is 0.179.